The highest BCUT2D eigenvalue weighted by molar-refractivity contribution is 7.87. The summed E-state index contributed by atoms with van der Waals surface area (Å²) in [7, 11) is -3.62. The average Bonchev–Trinajstić information content (AvgIpc) is 3.00. The highest BCUT2D eigenvalue weighted by Crippen LogP contribution is 2.48. The van der Waals surface area contributed by atoms with Crippen LogP contribution in [0.3, 0.4) is 0 Å². The van der Waals surface area contributed by atoms with Crippen LogP contribution in [0.15, 0.2) is 0 Å². The van der Waals surface area contributed by atoms with Crippen molar-refractivity contribution in [3.63, 3.8) is 0 Å². The molecule has 0 aromatic heterocycles. The Hall–Kier alpha value is -0.700. The molecule has 0 aromatic carbocycles. The molecule has 0 amide bonds. The first-order chi connectivity index (χ1) is 9.49. The van der Waals surface area contributed by atoms with E-state index < -0.39 is 28.1 Å². The normalized spacial score (nSPS) is 38.2. The fourth-order valence-electron chi connectivity index (χ4n) is 3.85. The molecule has 114 valence electrons. The summed E-state index contributed by atoms with van der Waals surface area (Å²) in [5.74, 6) is -1.18. The van der Waals surface area contributed by atoms with Gasteiger partial charge in [-0.1, -0.05) is 0 Å². The number of ether oxygens (including phenoxy) is 1. The van der Waals surface area contributed by atoms with E-state index in [1.807, 2.05) is 0 Å². The van der Waals surface area contributed by atoms with Crippen molar-refractivity contribution in [3.8, 4) is 0 Å². The minimum atomic E-state index is -3.62. The van der Waals surface area contributed by atoms with Crippen molar-refractivity contribution in [1.82, 2.24) is 9.03 Å². The summed E-state index contributed by atoms with van der Waals surface area (Å²) in [6, 6.07) is -0.459. The van der Waals surface area contributed by atoms with E-state index in [0.717, 1.165) is 19.3 Å². The minimum absolute atomic E-state index is 0.120. The molecule has 2 bridgehead atoms. The van der Waals surface area contributed by atoms with E-state index in [1.165, 1.54) is 4.31 Å². The first-order valence-electron chi connectivity index (χ1n) is 7.07. The number of hydrogen-bond acceptors (Lipinski definition) is 4. The van der Waals surface area contributed by atoms with Gasteiger partial charge in [0, 0.05) is 19.1 Å². The Morgan fingerprint density at radius 1 is 1.20 bits per heavy atom. The lowest BCUT2D eigenvalue weighted by Crippen LogP contribution is -2.53. The predicted molar refractivity (Wildman–Crippen MR) is 70.2 cm³/mol. The summed E-state index contributed by atoms with van der Waals surface area (Å²) in [5, 5.41) is 9.34. The molecular formula is C12H20N2O5S. The fourth-order valence-corrected chi connectivity index (χ4v) is 5.31. The minimum Gasteiger partial charge on any atom is -0.481 e. The number of rotatable bonds is 4. The highest BCUT2D eigenvalue weighted by atomic mass is 32.2. The molecule has 3 aliphatic rings. The summed E-state index contributed by atoms with van der Waals surface area (Å²) in [6.07, 6.45) is 2.65. The molecule has 20 heavy (non-hydrogen) atoms. The van der Waals surface area contributed by atoms with E-state index in [9.17, 15) is 18.3 Å². The van der Waals surface area contributed by atoms with Crippen LogP contribution >= 0.6 is 0 Å². The molecule has 8 heteroatoms. The van der Waals surface area contributed by atoms with Crippen molar-refractivity contribution in [2.24, 2.45) is 17.8 Å². The van der Waals surface area contributed by atoms with Crippen molar-refractivity contribution in [2.45, 2.75) is 25.3 Å². The third-order valence-electron chi connectivity index (χ3n) is 4.80. The maximum atomic E-state index is 12.4. The van der Waals surface area contributed by atoms with Crippen LogP contribution in [0, 0.1) is 17.8 Å². The number of nitrogens with one attached hydrogen (secondary N) is 1. The number of aliphatic carboxylic acids is 1. The molecule has 4 unspecified atom stereocenters. The maximum absolute atomic E-state index is 12.4. The summed E-state index contributed by atoms with van der Waals surface area (Å²) < 4.78 is 33.8. The van der Waals surface area contributed by atoms with Gasteiger partial charge in [0.2, 0.25) is 0 Å². The molecule has 1 heterocycles. The van der Waals surface area contributed by atoms with Crippen LogP contribution in [0.5, 0.6) is 0 Å². The average molecular weight is 304 g/mol. The highest BCUT2D eigenvalue weighted by Gasteiger charge is 2.52. The van der Waals surface area contributed by atoms with Gasteiger partial charge in [0.1, 0.15) is 0 Å². The molecule has 2 aliphatic carbocycles. The lowest BCUT2D eigenvalue weighted by Gasteiger charge is -2.32. The Morgan fingerprint density at radius 3 is 2.50 bits per heavy atom. The lowest BCUT2D eigenvalue weighted by atomic mass is 9.85. The molecule has 2 saturated carbocycles. The van der Waals surface area contributed by atoms with Crippen molar-refractivity contribution in [3.05, 3.63) is 0 Å². The number of carbonyl (C=O) groups is 1. The fraction of sp³-hybridized carbons (Fsp3) is 0.917. The number of fused-ring (bicyclic) bond motifs is 2. The van der Waals surface area contributed by atoms with Crippen LogP contribution in [0.2, 0.25) is 0 Å². The van der Waals surface area contributed by atoms with Gasteiger partial charge in [-0.25, -0.2) is 0 Å². The molecule has 7 nitrogen and oxygen atoms in total. The summed E-state index contributed by atoms with van der Waals surface area (Å²) >= 11 is 0. The predicted octanol–water partition coefficient (Wildman–Crippen LogP) is -0.348. The SMILES string of the molecule is O=C(O)C1C2CCC(C2)C1NS(=O)(=O)N1CCOCC1. The molecule has 0 radical (unpaired) electrons. The van der Waals surface area contributed by atoms with E-state index in [0.29, 0.717) is 26.3 Å². The molecule has 3 rings (SSSR count). The largest absolute Gasteiger partial charge is 0.481 e. The van der Waals surface area contributed by atoms with Crippen LogP contribution in [-0.4, -0.2) is 56.1 Å². The van der Waals surface area contributed by atoms with Crippen LogP contribution in [0.1, 0.15) is 19.3 Å². The van der Waals surface area contributed by atoms with Crippen LogP contribution in [-0.2, 0) is 19.7 Å². The van der Waals surface area contributed by atoms with E-state index >= 15 is 0 Å². The zero-order valence-corrected chi connectivity index (χ0v) is 12.0. The summed E-state index contributed by atoms with van der Waals surface area (Å²) in [6.45, 7) is 1.43. The molecule has 0 aromatic rings. The zero-order chi connectivity index (χ0) is 14.3. The van der Waals surface area contributed by atoms with Gasteiger partial charge in [-0.3, -0.25) is 4.79 Å². The third-order valence-corrected chi connectivity index (χ3v) is 6.41. The second-order valence-electron chi connectivity index (χ2n) is 5.86. The monoisotopic (exact) mass is 304 g/mol. The topological polar surface area (TPSA) is 95.9 Å². The number of carboxylic acids is 1. The van der Waals surface area contributed by atoms with Gasteiger partial charge < -0.3 is 9.84 Å². The van der Waals surface area contributed by atoms with Gasteiger partial charge in [-0.2, -0.15) is 17.4 Å². The van der Waals surface area contributed by atoms with Crippen molar-refractivity contribution >= 4 is 16.2 Å². The van der Waals surface area contributed by atoms with E-state index in [-0.39, 0.29) is 11.8 Å². The van der Waals surface area contributed by atoms with Crippen molar-refractivity contribution in [2.75, 3.05) is 26.3 Å². The second-order valence-corrected chi connectivity index (χ2v) is 7.56. The molecule has 2 N–H and O–H groups in total. The van der Waals surface area contributed by atoms with Gasteiger partial charge >= 0.3 is 5.97 Å². The summed E-state index contributed by atoms with van der Waals surface area (Å²) in [4.78, 5) is 11.4. The van der Waals surface area contributed by atoms with Gasteiger partial charge in [-0.15, -0.1) is 0 Å². The molecule has 0 spiro atoms. The van der Waals surface area contributed by atoms with Crippen molar-refractivity contribution < 1.29 is 23.1 Å². The van der Waals surface area contributed by atoms with Crippen LogP contribution < -0.4 is 4.72 Å². The Balaban J connectivity index is 1.74. The quantitative estimate of drug-likeness (QED) is 0.740. The number of morpholine rings is 1. The van der Waals surface area contributed by atoms with Gasteiger partial charge in [0.25, 0.3) is 10.2 Å². The van der Waals surface area contributed by atoms with Crippen molar-refractivity contribution in [1.29, 1.82) is 0 Å². The zero-order valence-electron chi connectivity index (χ0n) is 11.2. The first-order valence-corrected chi connectivity index (χ1v) is 8.51. The third kappa shape index (κ3) is 2.45. The first kappa shape index (κ1) is 14.2. The van der Waals surface area contributed by atoms with E-state index in [2.05, 4.69) is 4.72 Å². The summed E-state index contributed by atoms with van der Waals surface area (Å²) in [5.41, 5.74) is 0. The molecule has 1 aliphatic heterocycles. The molecule has 1 saturated heterocycles. The molecule has 3 fully saturated rings. The Bertz CT molecular complexity index is 488. The Morgan fingerprint density at radius 2 is 1.85 bits per heavy atom. The molecule has 4 atom stereocenters. The van der Waals surface area contributed by atoms with Crippen LogP contribution in [0.4, 0.5) is 0 Å². The lowest BCUT2D eigenvalue weighted by molar-refractivity contribution is -0.144. The molecular weight excluding hydrogens is 284 g/mol. The van der Waals surface area contributed by atoms with Gasteiger partial charge in [-0.05, 0) is 31.1 Å². The Labute approximate surface area is 118 Å². The van der Waals surface area contributed by atoms with Gasteiger partial charge in [0.05, 0.1) is 19.1 Å². The van der Waals surface area contributed by atoms with Crippen LogP contribution in [0.25, 0.3) is 0 Å². The standard InChI is InChI=1S/C12H20N2O5S/c15-12(16)10-8-1-2-9(7-8)11(10)13-20(17,18)14-3-5-19-6-4-14/h8-11,13H,1-7H2,(H,15,16). The maximum Gasteiger partial charge on any atom is 0.308 e. The number of nitrogens with zero attached hydrogens (tertiary/aromatic N) is 1. The number of carboxylic acid groups (broad SMARTS) is 1. The Kier molecular flexibility index (Phi) is 3.74. The van der Waals surface area contributed by atoms with E-state index in [1.54, 1.807) is 0 Å². The smallest absolute Gasteiger partial charge is 0.308 e. The van der Waals surface area contributed by atoms with Gasteiger partial charge in [0.15, 0.2) is 0 Å². The van der Waals surface area contributed by atoms with E-state index in [4.69, 9.17) is 4.74 Å². The number of hydrogen-bond donors (Lipinski definition) is 2. The second kappa shape index (κ2) is 5.25.